The topological polar surface area (TPSA) is 201 Å². The van der Waals surface area contributed by atoms with Crippen LogP contribution in [0.1, 0.15) is 84.8 Å². The summed E-state index contributed by atoms with van der Waals surface area (Å²) in [5.74, 6) is -3.28. The maximum absolute atomic E-state index is 13.6. The molecule has 1 amide bonds. The van der Waals surface area contributed by atoms with Crippen molar-refractivity contribution >= 4 is 33.8 Å². The number of ether oxygens (including phenoxy) is 4. The second-order valence-electron chi connectivity index (χ2n) is 11.0. The second kappa shape index (κ2) is 16.3. The molecule has 1 aliphatic heterocycles. The van der Waals surface area contributed by atoms with Crippen molar-refractivity contribution in [2.24, 2.45) is 5.14 Å². The van der Waals surface area contributed by atoms with Crippen molar-refractivity contribution in [2.45, 2.75) is 63.9 Å². The zero-order chi connectivity index (χ0) is 34.0. The molecule has 1 heterocycles. The third-order valence-corrected chi connectivity index (χ3v) is 8.36. The Bertz CT molecular complexity index is 1550. The highest BCUT2D eigenvalue weighted by molar-refractivity contribution is 7.89. The summed E-state index contributed by atoms with van der Waals surface area (Å²) in [6, 6.07) is 4.38. The third-order valence-electron chi connectivity index (χ3n) is 7.59. The molecule has 252 valence electrons. The predicted molar refractivity (Wildman–Crippen MR) is 170 cm³/mol. The number of Topliss-reactive ketones (excluding diaryl/α,β-unsaturated/α-hetero) is 1. The number of hydrogen-bond acceptors (Lipinski definition) is 11. The minimum Gasteiger partial charge on any atom is -0.507 e. The Hall–Kier alpha value is -4.30. The summed E-state index contributed by atoms with van der Waals surface area (Å²) in [7, 11) is 0.362. The lowest BCUT2D eigenvalue weighted by Gasteiger charge is -2.24. The van der Waals surface area contributed by atoms with Crippen LogP contribution in [0, 0.1) is 0 Å². The number of fused-ring (bicyclic) bond motifs is 1. The molecule has 0 spiro atoms. The fraction of sp³-hybridized carbons (Fsp3) is 0.469. The van der Waals surface area contributed by atoms with E-state index >= 15 is 0 Å². The average Bonchev–Trinajstić information content (AvgIpc) is 2.98. The number of phenols is 2. The molecule has 0 saturated carbocycles. The maximum atomic E-state index is 13.6. The number of phenolic OH excluding ortho intramolecular Hbond substituents is 2. The van der Waals surface area contributed by atoms with Crippen LogP contribution >= 0.6 is 0 Å². The number of cyclic esters (lactones) is 1. The minimum atomic E-state index is -3.85. The molecule has 0 aliphatic carbocycles. The fourth-order valence-corrected chi connectivity index (χ4v) is 5.69. The first kappa shape index (κ1) is 36.2. The third kappa shape index (κ3) is 9.60. The lowest BCUT2D eigenvalue weighted by Crippen LogP contribution is -2.32. The van der Waals surface area contributed by atoms with Crippen LogP contribution in [-0.2, 0) is 24.3 Å². The number of carbonyl (C=O) groups excluding carboxylic acids is 3. The number of sulfonamides is 1. The molecule has 2 unspecified atom stereocenters. The molecule has 14 heteroatoms. The van der Waals surface area contributed by atoms with E-state index in [4.69, 9.17) is 24.1 Å². The highest BCUT2D eigenvalue weighted by atomic mass is 32.2. The van der Waals surface area contributed by atoms with Gasteiger partial charge < -0.3 is 34.5 Å². The monoisotopic (exact) mass is 662 g/mol. The molecule has 0 bridgehead atoms. The Morgan fingerprint density at radius 1 is 1.07 bits per heavy atom. The minimum absolute atomic E-state index is 0.135. The molecule has 13 nitrogen and oxygen atoms in total. The number of nitrogens with one attached hydrogen (secondary N) is 1. The Morgan fingerprint density at radius 2 is 1.72 bits per heavy atom. The van der Waals surface area contributed by atoms with Crippen LogP contribution in [0.4, 0.5) is 0 Å². The second-order valence-corrected chi connectivity index (χ2v) is 12.7. The summed E-state index contributed by atoms with van der Waals surface area (Å²) in [4.78, 5) is 38.9. The van der Waals surface area contributed by atoms with E-state index in [0.29, 0.717) is 44.1 Å². The van der Waals surface area contributed by atoms with E-state index in [-0.39, 0.29) is 46.3 Å². The van der Waals surface area contributed by atoms with Crippen molar-refractivity contribution in [2.75, 3.05) is 33.6 Å². The van der Waals surface area contributed by atoms with E-state index in [1.165, 1.54) is 39.5 Å². The number of allylic oxidation sites excluding steroid dienone is 1. The standard InChI is InChI=1S/C32H42N2O11S/c1-19-9-8-12-22(35)11-7-5-6-10-20-15-24(36)29(30(38)28(20)32(39)45-19)23(18-27(37)34-13-14-46(33,40)41)21-16-25(42-2)31(44-4)26(17-21)43-3/h6,10,15-17,19,23,36,38H,5,7-9,11-14,18H2,1-4H3,(H,34,37)(H2,33,40,41). The molecule has 2 aromatic carbocycles. The van der Waals surface area contributed by atoms with Gasteiger partial charge in [0, 0.05) is 37.3 Å². The van der Waals surface area contributed by atoms with Gasteiger partial charge in [0.2, 0.25) is 21.7 Å². The SMILES string of the molecule is COc1cc(C(CC(=O)NCCS(N)(=O)=O)c2c(O)cc3c(c2O)C(=O)OC(C)CCCC(=O)CCCC=C3)cc(OC)c1OC. The van der Waals surface area contributed by atoms with E-state index in [2.05, 4.69) is 5.32 Å². The van der Waals surface area contributed by atoms with E-state index in [1.807, 2.05) is 0 Å². The van der Waals surface area contributed by atoms with Crippen LogP contribution in [0.5, 0.6) is 28.7 Å². The lowest BCUT2D eigenvalue weighted by atomic mass is 9.84. The van der Waals surface area contributed by atoms with Gasteiger partial charge in [0.05, 0.1) is 33.2 Å². The number of methoxy groups -OCH3 is 3. The van der Waals surface area contributed by atoms with Gasteiger partial charge in [0.1, 0.15) is 22.8 Å². The van der Waals surface area contributed by atoms with Gasteiger partial charge in [-0.15, -0.1) is 0 Å². The van der Waals surface area contributed by atoms with E-state index in [1.54, 1.807) is 19.1 Å². The van der Waals surface area contributed by atoms with Crippen LogP contribution in [0.2, 0.25) is 0 Å². The summed E-state index contributed by atoms with van der Waals surface area (Å²) in [5, 5.41) is 30.7. The van der Waals surface area contributed by atoms with Gasteiger partial charge in [-0.3, -0.25) is 9.59 Å². The zero-order valence-corrected chi connectivity index (χ0v) is 27.3. The molecule has 46 heavy (non-hydrogen) atoms. The average molecular weight is 663 g/mol. The fourth-order valence-electron chi connectivity index (χ4n) is 5.30. The predicted octanol–water partition coefficient (Wildman–Crippen LogP) is 3.53. The smallest absolute Gasteiger partial charge is 0.342 e. The number of carbonyl (C=O) groups is 3. The Balaban J connectivity index is 2.21. The summed E-state index contributed by atoms with van der Waals surface area (Å²) in [6.07, 6.45) is 5.20. The maximum Gasteiger partial charge on any atom is 0.342 e. The number of nitrogens with two attached hydrogens (primary N) is 1. The Labute approximate surface area is 268 Å². The number of rotatable bonds is 10. The molecule has 3 rings (SSSR count). The molecule has 5 N–H and O–H groups in total. The van der Waals surface area contributed by atoms with Crippen LogP contribution in [0.25, 0.3) is 6.08 Å². The summed E-state index contributed by atoms with van der Waals surface area (Å²) in [5.41, 5.74) is 0.153. The number of primary sulfonamides is 1. The van der Waals surface area contributed by atoms with E-state index in [0.717, 1.165) is 0 Å². The molecule has 0 saturated heterocycles. The van der Waals surface area contributed by atoms with Crippen molar-refractivity contribution in [1.29, 1.82) is 0 Å². The van der Waals surface area contributed by atoms with Gasteiger partial charge >= 0.3 is 5.97 Å². The number of amides is 1. The van der Waals surface area contributed by atoms with Gasteiger partial charge in [-0.05, 0) is 61.9 Å². The lowest BCUT2D eigenvalue weighted by molar-refractivity contribution is -0.121. The summed E-state index contributed by atoms with van der Waals surface area (Å²) >= 11 is 0. The van der Waals surface area contributed by atoms with E-state index < -0.39 is 57.6 Å². The number of benzene rings is 2. The van der Waals surface area contributed by atoms with Crippen LogP contribution in [0.3, 0.4) is 0 Å². The first-order valence-electron chi connectivity index (χ1n) is 14.8. The summed E-state index contributed by atoms with van der Waals surface area (Å²) < 4.78 is 44.8. The van der Waals surface area contributed by atoms with Crippen LogP contribution in [0.15, 0.2) is 24.3 Å². The van der Waals surface area contributed by atoms with Crippen LogP contribution in [-0.4, -0.2) is 76.0 Å². The Morgan fingerprint density at radius 3 is 2.33 bits per heavy atom. The van der Waals surface area contributed by atoms with Crippen molar-refractivity contribution in [3.63, 3.8) is 0 Å². The zero-order valence-electron chi connectivity index (χ0n) is 26.5. The number of esters is 1. The first-order chi connectivity index (χ1) is 21.8. The largest absolute Gasteiger partial charge is 0.507 e. The first-order valence-corrected chi connectivity index (χ1v) is 16.6. The normalized spacial score (nSPS) is 16.8. The number of hydrogen-bond donors (Lipinski definition) is 4. The van der Waals surface area contributed by atoms with Crippen molar-refractivity contribution in [3.05, 3.63) is 46.5 Å². The Kier molecular flexibility index (Phi) is 12.8. The molecular formula is C32H42N2O11S. The van der Waals surface area contributed by atoms with Crippen molar-refractivity contribution in [1.82, 2.24) is 5.32 Å². The number of ketones is 1. The molecule has 1 aliphatic rings. The van der Waals surface area contributed by atoms with Gasteiger partial charge in [-0.25, -0.2) is 18.4 Å². The molecule has 0 radical (unpaired) electrons. The molecule has 2 atom stereocenters. The van der Waals surface area contributed by atoms with Gasteiger partial charge in [0.15, 0.2) is 11.5 Å². The molecular weight excluding hydrogens is 620 g/mol. The van der Waals surface area contributed by atoms with Gasteiger partial charge in [0.25, 0.3) is 0 Å². The highest BCUT2D eigenvalue weighted by Gasteiger charge is 2.32. The summed E-state index contributed by atoms with van der Waals surface area (Å²) in [6.45, 7) is 1.41. The number of aromatic hydroxyl groups is 2. The van der Waals surface area contributed by atoms with Crippen LogP contribution < -0.4 is 24.7 Å². The van der Waals surface area contributed by atoms with Gasteiger partial charge in [-0.2, -0.15) is 0 Å². The van der Waals surface area contributed by atoms with Gasteiger partial charge in [-0.1, -0.05) is 12.2 Å². The molecule has 0 fully saturated rings. The molecule has 2 aromatic rings. The van der Waals surface area contributed by atoms with Crippen molar-refractivity contribution in [3.8, 4) is 28.7 Å². The quantitative estimate of drug-likeness (QED) is 0.271. The molecule has 0 aromatic heterocycles. The van der Waals surface area contributed by atoms with E-state index in [9.17, 15) is 33.0 Å². The highest BCUT2D eigenvalue weighted by Crippen LogP contribution is 2.47. The van der Waals surface area contributed by atoms with Crippen molar-refractivity contribution < 1.29 is 52.0 Å².